The molecule has 0 spiro atoms. The second-order valence-electron chi connectivity index (χ2n) is 3.02. The maximum atomic E-state index is 3.97. The summed E-state index contributed by atoms with van der Waals surface area (Å²) in [6.45, 7) is 8.59. The fraction of sp³-hybridized carbons (Fsp3) is 0.167. The van der Waals surface area contributed by atoms with Gasteiger partial charge in [-0.05, 0) is 24.6 Å². The average molecular weight is 216 g/mol. The zero-order valence-electron chi connectivity index (χ0n) is 9.24. The highest BCUT2D eigenvalue weighted by molar-refractivity contribution is 5.71. The molecule has 0 aromatic rings. The lowest BCUT2D eigenvalue weighted by Crippen LogP contribution is -2.11. The van der Waals surface area contributed by atoms with Gasteiger partial charge in [-0.3, -0.25) is 9.98 Å². The van der Waals surface area contributed by atoms with Crippen LogP contribution in [0.25, 0.3) is 0 Å². The molecule has 2 rings (SSSR count). The Hall–Kier alpha value is -2.10. The van der Waals surface area contributed by atoms with Crippen LogP contribution in [0.1, 0.15) is 0 Å². The van der Waals surface area contributed by atoms with Crippen molar-refractivity contribution in [3.05, 3.63) is 50.1 Å². The van der Waals surface area contributed by atoms with Crippen LogP contribution in [0.5, 0.6) is 0 Å². The summed E-state index contributed by atoms with van der Waals surface area (Å²) in [5.74, 6) is 0. The first-order valence-electron chi connectivity index (χ1n) is 4.96. The van der Waals surface area contributed by atoms with Gasteiger partial charge < -0.3 is 9.80 Å². The summed E-state index contributed by atoms with van der Waals surface area (Å²) < 4.78 is 0. The molecule has 0 radical (unpaired) electrons. The SMILES string of the molecule is C=CN1C=CC=NC1.C=CN1C=CC=NC1. The molecule has 0 bridgehead atoms. The molecule has 0 amide bonds. The van der Waals surface area contributed by atoms with Crippen LogP contribution in [0.4, 0.5) is 0 Å². The number of hydrogen-bond acceptors (Lipinski definition) is 4. The maximum Gasteiger partial charge on any atom is 0.113 e. The number of allylic oxidation sites excluding steroid dienone is 2. The summed E-state index contributed by atoms with van der Waals surface area (Å²) in [5, 5.41) is 0. The highest BCUT2D eigenvalue weighted by atomic mass is 15.2. The van der Waals surface area contributed by atoms with E-state index in [2.05, 4.69) is 23.1 Å². The molecule has 16 heavy (non-hydrogen) atoms. The molecular formula is C12H16N4. The van der Waals surface area contributed by atoms with Gasteiger partial charge in [-0.2, -0.15) is 0 Å². The van der Waals surface area contributed by atoms with Gasteiger partial charge >= 0.3 is 0 Å². The van der Waals surface area contributed by atoms with E-state index in [9.17, 15) is 0 Å². The normalized spacial score (nSPS) is 16.8. The van der Waals surface area contributed by atoms with Crippen LogP contribution in [0, 0.1) is 0 Å². The minimum atomic E-state index is 0.708. The van der Waals surface area contributed by atoms with Crippen molar-refractivity contribution in [3.8, 4) is 0 Å². The molecule has 0 saturated heterocycles. The van der Waals surface area contributed by atoms with Gasteiger partial charge in [0.2, 0.25) is 0 Å². The van der Waals surface area contributed by atoms with Crippen molar-refractivity contribution in [1.82, 2.24) is 9.80 Å². The van der Waals surface area contributed by atoms with Gasteiger partial charge in [-0.1, -0.05) is 13.2 Å². The molecule has 0 atom stereocenters. The molecule has 84 valence electrons. The molecule has 0 aromatic heterocycles. The van der Waals surface area contributed by atoms with Crippen molar-refractivity contribution in [3.63, 3.8) is 0 Å². The monoisotopic (exact) mass is 216 g/mol. The first-order chi connectivity index (χ1) is 7.86. The van der Waals surface area contributed by atoms with Crippen LogP contribution in [0.15, 0.2) is 60.1 Å². The fourth-order valence-corrected chi connectivity index (χ4v) is 1.03. The molecule has 0 aliphatic carbocycles. The minimum absolute atomic E-state index is 0.708. The Morgan fingerprint density at radius 2 is 1.31 bits per heavy atom. The van der Waals surface area contributed by atoms with Gasteiger partial charge in [0.05, 0.1) is 0 Å². The molecule has 4 nitrogen and oxygen atoms in total. The molecule has 0 unspecified atom stereocenters. The standard InChI is InChI=1S/2C6H8N2/c2*1-2-8-5-3-4-7-6-8/h2*2-5H,1,6H2. The second-order valence-corrected chi connectivity index (χ2v) is 3.02. The summed E-state index contributed by atoms with van der Waals surface area (Å²) in [4.78, 5) is 11.8. The van der Waals surface area contributed by atoms with E-state index in [1.807, 2.05) is 34.4 Å². The van der Waals surface area contributed by atoms with Crippen LogP contribution < -0.4 is 0 Å². The first-order valence-corrected chi connectivity index (χ1v) is 4.96. The molecule has 0 fully saturated rings. The largest absolute Gasteiger partial charge is 0.335 e. The van der Waals surface area contributed by atoms with Crippen molar-refractivity contribution in [2.24, 2.45) is 9.98 Å². The van der Waals surface area contributed by atoms with Crippen molar-refractivity contribution >= 4 is 12.4 Å². The van der Waals surface area contributed by atoms with Crippen LogP contribution in [-0.2, 0) is 0 Å². The van der Waals surface area contributed by atoms with Crippen LogP contribution in [-0.4, -0.2) is 35.6 Å². The zero-order valence-corrected chi connectivity index (χ0v) is 9.24. The van der Waals surface area contributed by atoms with E-state index in [0.29, 0.717) is 13.3 Å². The van der Waals surface area contributed by atoms with E-state index >= 15 is 0 Å². The predicted molar refractivity (Wildman–Crippen MR) is 69.1 cm³/mol. The number of nitrogens with zero attached hydrogens (tertiary/aromatic N) is 4. The Bertz CT molecular complexity index is 305. The van der Waals surface area contributed by atoms with E-state index in [4.69, 9.17) is 0 Å². The summed E-state index contributed by atoms with van der Waals surface area (Å²) in [7, 11) is 0. The molecule has 2 heterocycles. The van der Waals surface area contributed by atoms with Gasteiger partial charge in [0.15, 0.2) is 0 Å². The summed E-state index contributed by atoms with van der Waals surface area (Å²) >= 11 is 0. The Labute approximate surface area is 96.3 Å². The first kappa shape index (κ1) is 12.0. The number of rotatable bonds is 2. The maximum absolute atomic E-state index is 3.97. The Balaban J connectivity index is 0.000000160. The lowest BCUT2D eigenvalue weighted by molar-refractivity contribution is 0.522. The lowest BCUT2D eigenvalue weighted by Gasteiger charge is -2.12. The van der Waals surface area contributed by atoms with Crippen molar-refractivity contribution in [2.75, 3.05) is 13.3 Å². The highest BCUT2D eigenvalue weighted by Crippen LogP contribution is 1.93. The van der Waals surface area contributed by atoms with Crippen LogP contribution in [0.2, 0.25) is 0 Å². The predicted octanol–water partition coefficient (Wildman–Crippen LogP) is 1.97. The fourth-order valence-electron chi connectivity index (χ4n) is 1.03. The molecule has 2 aliphatic heterocycles. The lowest BCUT2D eigenvalue weighted by atomic mass is 10.5. The van der Waals surface area contributed by atoms with Gasteiger partial charge in [0, 0.05) is 24.8 Å². The van der Waals surface area contributed by atoms with E-state index < -0.39 is 0 Å². The van der Waals surface area contributed by atoms with Gasteiger partial charge in [0.25, 0.3) is 0 Å². The Kier molecular flexibility index (Phi) is 5.41. The molecule has 4 heteroatoms. The Morgan fingerprint density at radius 1 is 0.875 bits per heavy atom. The molecular weight excluding hydrogens is 200 g/mol. The van der Waals surface area contributed by atoms with Gasteiger partial charge in [0.1, 0.15) is 13.3 Å². The Morgan fingerprint density at radius 3 is 1.50 bits per heavy atom. The van der Waals surface area contributed by atoms with Crippen molar-refractivity contribution in [2.45, 2.75) is 0 Å². The minimum Gasteiger partial charge on any atom is -0.335 e. The van der Waals surface area contributed by atoms with E-state index in [1.54, 1.807) is 24.8 Å². The third-order valence-electron chi connectivity index (χ3n) is 1.90. The molecule has 0 aromatic carbocycles. The molecule has 2 aliphatic rings. The quantitative estimate of drug-likeness (QED) is 0.706. The second kappa shape index (κ2) is 7.23. The van der Waals surface area contributed by atoms with E-state index in [-0.39, 0.29) is 0 Å². The smallest absolute Gasteiger partial charge is 0.113 e. The van der Waals surface area contributed by atoms with Crippen LogP contribution >= 0.6 is 0 Å². The summed E-state index contributed by atoms with van der Waals surface area (Å²) in [6.07, 6.45) is 14.7. The van der Waals surface area contributed by atoms with Crippen molar-refractivity contribution < 1.29 is 0 Å². The summed E-state index contributed by atoms with van der Waals surface area (Å²) in [5.41, 5.74) is 0. The third kappa shape index (κ3) is 4.41. The number of hydrogen-bond donors (Lipinski definition) is 0. The van der Waals surface area contributed by atoms with Crippen molar-refractivity contribution in [1.29, 1.82) is 0 Å². The highest BCUT2D eigenvalue weighted by Gasteiger charge is 1.90. The third-order valence-corrected chi connectivity index (χ3v) is 1.90. The molecule has 0 saturated carbocycles. The summed E-state index contributed by atoms with van der Waals surface area (Å²) in [6, 6.07) is 0. The van der Waals surface area contributed by atoms with Gasteiger partial charge in [-0.15, -0.1) is 0 Å². The van der Waals surface area contributed by atoms with E-state index in [0.717, 1.165) is 0 Å². The average Bonchev–Trinajstić information content (AvgIpc) is 2.41. The van der Waals surface area contributed by atoms with Crippen LogP contribution in [0.3, 0.4) is 0 Å². The molecule has 0 N–H and O–H groups in total. The van der Waals surface area contributed by atoms with Gasteiger partial charge in [-0.25, -0.2) is 0 Å². The topological polar surface area (TPSA) is 31.2 Å². The van der Waals surface area contributed by atoms with E-state index in [1.165, 1.54) is 0 Å². The number of aliphatic imine (C=N–C) groups is 2. The zero-order chi connectivity index (χ0) is 11.6.